The van der Waals surface area contributed by atoms with E-state index in [0.717, 1.165) is 55.4 Å². The van der Waals surface area contributed by atoms with Crippen molar-refractivity contribution >= 4 is 64.1 Å². The highest BCUT2D eigenvalue weighted by Crippen LogP contribution is 2.61. The van der Waals surface area contributed by atoms with Gasteiger partial charge in [0.2, 0.25) is 37.4 Å². The van der Waals surface area contributed by atoms with Gasteiger partial charge in [0, 0.05) is 83.4 Å². The molecule has 2 aliphatic carbocycles. The molecule has 6 aliphatic rings. The lowest BCUT2D eigenvalue weighted by Gasteiger charge is -2.45. The SMILES string of the molecule is CC(=O)OC[C@@H]1O[C@H](OC2=C3C(O)OC4=C(c5c(C)cc6c(C(C)C)c(O[C@H]7O[C@@H](COC(C)=O)[C@H](OC(C)=O)[C@@H](OC(C)=O)[C@@H]7OC(C)=O)c(O)c7c6c5OC7O)C(C)=CC(C(C(C)C)=C2O)C43)[C@@H](OC(C)=O)[C@H](OC(C)=O)[C@H]1OC(C)=O. The predicted molar refractivity (Wildman–Crippen MR) is 282 cm³/mol. The average molecular weight is 1180 g/mol. The Hall–Kier alpha value is -7.94. The van der Waals surface area contributed by atoms with Crippen LogP contribution in [0, 0.1) is 24.7 Å². The molecule has 0 spiro atoms. The molecule has 26 heteroatoms. The van der Waals surface area contributed by atoms with Gasteiger partial charge in [0.1, 0.15) is 36.9 Å². The van der Waals surface area contributed by atoms with E-state index in [4.69, 9.17) is 66.3 Å². The maximum Gasteiger partial charge on any atom is 0.303 e. The topological polar surface area (TPSA) is 347 Å². The standard InChI is InChI=1S/C58H68O26/c1-19(2)35-31-15-21(5)38(48-40(31)42(56(70)82-48)50(43(35)67)84-58-54(78-30(14)66)52(76-28(12)64)46(74-26(10)62)34(80-58)18-72-24(8)60)37-22(6)16-32-36(20(3)4)49(44(68)41-39(32)47(37)81-55(41)69)83-57-53(77-29(13)65)51(75-27(11)63)45(73-25(9)61)33(79-57)17-71-23(7)59/h15-16,19-20,31,33-34,40,45-46,51-58,67-70H,17-18H2,1-14H3/t31?,33-,34-,40?,45-,46-,51+,52+,53-,54-,55?,56?,57+,58+/m0/s1. The predicted octanol–water partition coefficient (Wildman–Crippen LogP) is 4.91. The van der Waals surface area contributed by atoms with Gasteiger partial charge in [-0.2, -0.15) is 0 Å². The van der Waals surface area contributed by atoms with E-state index in [1.807, 2.05) is 19.9 Å². The molecule has 26 nitrogen and oxygen atoms in total. The summed E-state index contributed by atoms with van der Waals surface area (Å²) < 4.78 is 82.5. The molecule has 3 saturated heterocycles. The van der Waals surface area contributed by atoms with Crippen LogP contribution in [0.5, 0.6) is 17.2 Å². The zero-order chi connectivity index (χ0) is 61.8. The van der Waals surface area contributed by atoms with Crippen LogP contribution >= 0.6 is 0 Å². The zero-order valence-corrected chi connectivity index (χ0v) is 48.6. The molecule has 4 heterocycles. The first kappa shape index (κ1) is 62.1. The summed E-state index contributed by atoms with van der Waals surface area (Å²) in [4.78, 5) is 100. The lowest BCUT2D eigenvalue weighted by atomic mass is 9.67. The van der Waals surface area contributed by atoms with Crippen LogP contribution < -0.4 is 9.47 Å². The van der Waals surface area contributed by atoms with E-state index < -0.39 is 170 Å². The normalized spacial score (nSPS) is 28.6. The minimum Gasteiger partial charge on any atom is -0.504 e. The lowest BCUT2D eigenvalue weighted by Crippen LogP contribution is -2.63. The van der Waals surface area contributed by atoms with Gasteiger partial charge in [-0.25, -0.2) is 0 Å². The molecule has 84 heavy (non-hydrogen) atoms. The number of phenols is 1. The number of aromatic hydroxyl groups is 1. The van der Waals surface area contributed by atoms with E-state index in [1.54, 1.807) is 33.8 Å². The largest absolute Gasteiger partial charge is 0.504 e. The molecule has 456 valence electrons. The average Bonchev–Trinajstić information content (AvgIpc) is 1.48. The third kappa shape index (κ3) is 11.9. The minimum absolute atomic E-state index is 0.0220. The highest BCUT2D eigenvalue weighted by atomic mass is 16.8. The van der Waals surface area contributed by atoms with Crippen molar-refractivity contribution in [2.45, 2.75) is 177 Å². The second-order valence-electron chi connectivity index (χ2n) is 21.6. The van der Waals surface area contributed by atoms with Gasteiger partial charge in [0.15, 0.2) is 47.4 Å². The quantitative estimate of drug-likeness (QED) is 0.121. The fraction of sp³-hybridized carbons (Fsp3) is 0.552. The molecule has 8 rings (SSSR count). The smallest absolute Gasteiger partial charge is 0.303 e. The van der Waals surface area contributed by atoms with E-state index in [2.05, 4.69) is 0 Å². The zero-order valence-electron chi connectivity index (χ0n) is 48.6. The number of allylic oxidation sites excluding steroid dienone is 5. The van der Waals surface area contributed by atoms with Crippen LogP contribution in [0.4, 0.5) is 0 Å². The molecular weight excluding hydrogens is 1110 g/mol. The molecular formula is C58H68O26. The minimum atomic E-state index is -1.89. The maximum absolute atomic E-state index is 12.8. The Labute approximate surface area is 481 Å². The van der Waals surface area contributed by atoms with Crippen molar-refractivity contribution in [3.05, 3.63) is 68.4 Å². The summed E-state index contributed by atoms with van der Waals surface area (Å²) >= 11 is 0. The van der Waals surface area contributed by atoms with Crippen molar-refractivity contribution in [3.8, 4) is 17.2 Å². The Kier molecular flexibility index (Phi) is 18.0. The van der Waals surface area contributed by atoms with Crippen LogP contribution in [0.1, 0.15) is 124 Å². The van der Waals surface area contributed by atoms with E-state index in [0.29, 0.717) is 38.8 Å². The molecule has 14 atom stereocenters. The number of aryl methyl sites for hydroxylation is 1. The van der Waals surface area contributed by atoms with Gasteiger partial charge < -0.3 is 86.7 Å². The van der Waals surface area contributed by atoms with E-state index in [9.17, 15) is 58.8 Å². The third-order valence-electron chi connectivity index (χ3n) is 14.7. The molecule has 0 radical (unpaired) electrons. The summed E-state index contributed by atoms with van der Waals surface area (Å²) in [6.45, 7) is 18.2. The van der Waals surface area contributed by atoms with Crippen LogP contribution in [-0.2, 0) is 95.2 Å². The van der Waals surface area contributed by atoms with Gasteiger partial charge >= 0.3 is 47.8 Å². The summed E-state index contributed by atoms with van der Waals surface area (Å²) in [6, 6.07) is 1.76. The summed E-state index contributed by atoms with van der Waals surface area (Å²) in [5, 5.41) is 49.7. The molecule has 0 amide bonds. The van der Waals surface area contributed by atoms with Crippen molar-refractivity contribution in [2.75, 3.05) is 13.2 Å². The van der Waals surface area contributed by atoms with E-state index in [1.165, 1.54) is 0 Å². The molecule has 4 aliphatic heterocycles. The summed E-state index contributed by atoms with van der Waals surface area (Å²) in [5.74, 6) is -11.0. The number of esters is 8. The van der Waals surface area contributed by atoms with Gasteiger partial charge in [-0.1, -0.05) is 39.8 Å². The molecule has 2 aromatic carbocycles. The van der Waals surface area contributed by atoms with Gasteiger partial charge in [0.05, 0.1) is 17.1 Å². The molecule has 0 bridgehead atoms. The molecule has 3 fully saturated rings. The van der Waals surface area contributed by atoms with Gasteiger partial charge in [-0.05, 0) is 47.8 Å². The number of phenolic OH excluding ortho intramolecular Hbond substituents is 1. The van der Waals surface area contributed by atoms with Gasteiger partial charge in [-0.15, -0.1) is 0 Å². The van der Waals surface area contributed by atoms with Crippen molar-refractivity contribution in [3.63, 3.8) is 0 Å². The maximum atomic E-state index is 12.8. The monoisotopic (exact) mass is 1180 g/mol. The van der Waals surface area contributed by atoms with Gasteiger partial charge in [0.25, 0.3) is 0 Å². The fourth-order valence-electron chi connectivity index (χ4n) is 11.9. The summed E-state index contributed by atoms with van der Waals surface area (Å²) in [5.41, 5.74) is 2.32. The second-order valence-corrected chi connectivity index (χ2v) is 21.6. The Balaban J connectivity index is 1.28. The van der Waals surface area contributed by atoms with Crippen LogP contribution in [0.25, 0.3) is 16.3 Å². The number of ether oxygens (including phenoxy) is 14. The Bertz CT molecular complexity index is 3200. The highest BCUT2D eigenvalue weighted by molar-refractivity contribution is 6.05. The van der Waals surface area contributed by atoms with Gasteiger partial charge in [-0.3, -0.25) is 38.4 Å². The molecule has 0 aromatic heterocycles. The number of carbonyl (C=O) groups is 8. The van der Waals surface area contributed by atoms with Crippen LogP contribution in [0.15, 0.2) is 46.1 Å². The summed E-state index contributed by atoms with van der Waals surface area (Å²) in [7, 11) is 0. The first-order valence-corrected chi connectivity index (χ1v) is 27.0. The Morgan fingerprint density at radius 1 is 0.583 bits per heavy atom. The van der Waals surface area contributed by atoms with Crippen molar-refractivity contribution in [1.82, 2.24) is 0 Å². The fourth-order valence-corrected chi connectivity index (χ4v) is 11.9. The van der Waals surface area contributed by atoms with Crippen molar-refractivity contribution in [2.24, 2.45) is 17.8 Å². The molecule has 4 unspecified atom stereocenters. The number of aliphatic hydroxyl groups is 3. The highest BCUT2D eigenvalue weighted by Gasteiger charge is 2.58. The van der Waals surface area contributed by atoms with E-state index in [-0.39, 0.29) is 39.5 Å². The number of carbonyl (C=O) groups excluding carboxylic acids is 8. The Morgan fingerprint density at radius 2 is 1.05 bits per heavy atom. The van der Waals surface area contributed by atoms with Crippen molar-refractivity contribution < 1.29 is 125 Å². The van der Waals surface area contributed by atoms with Crippen LogP contribution in [0.3, 0.4) is 0 Å². The molecule has 2 aromatic rings. The number of benzene rings is 2. The molecule has 4 N–H and O–H groups in total. The number of hydrogen-bond donors (Lipinski definition) is 4. The Morgan fingerprint density at radius 3 is 1.50 bits per heavy atom. The number of hydrogen-bond acceptors (Lipinski definition) is 26. The number of aliphatic hydroxyl groups excluding tert-OH is 3. The van der Waals surface area contributed by atoms with Crippen LogP contribution in [-0.4, -0.2) is 149 Å². The van der Waals surface area contributed by atoms with Crippen molar-refractivity contribution in [1.29, 1.82) is 0 Å². The summed E-state index contributed by atoms with van der Waals surface area (Å²) in [6.07, 6.45) is -18.1. The second kappa shape index (κ2) is 24.3. The van der Waals surface area contributed by atoms with E-state index >= 15 is 0 Å². The van der Waals surface area contributed by atoms with Crippen LogP contribution in [0.2, 0.25) is 0 Å². The third-order valence-corrected chi connectivity index (χ3v) is 14.7. The molecule has 0 saturated carbocycles. The number of rotatable bonds is 17. The lowest BCUT2D eigenvalue weighted by molar-refractivity contribution is -0.300. The first-order chi connectivity index (χ1) is 39.4. The first-order valence-electron chi connectivity index (χ1n) is 27.0.